The number of likely N-dealkylation sites (N-methyl/N-ethyl adjacent to an activating group) is 1. The van der Waals surface area contributed by atoms with Crippen LogP contribution >= 0.6 is 0 Å². The zero-order chi connectivity index (χ0) is 20.3. The highest BCUT2D eigenvalue weighted by Crippen LogP contribution is 2.24. The summed E-state index contributed by atoms with van der Waals surface area (Å²) in [6.07, 6.45) is 0. The van der Waals surface area contributed by atoms with Crippen LogP contribution in [-0.2, 0) is 22.7 Å². The Morgan fingerprint density at radius 1 is 1.18 bits per heavy atom. The number of aliphatic carboxylic acids is 1. The van der Waals surface area contributed by atoms with Gasteiger partial charge in [0.2, 0.25) is 0 Å². The molecule has 7 nitrogen and oxygen atoms in total. The summed E-state index contributed by atoms with van der Waals surface area (Å²) in [5, 5.41) is 21.5. The quantitative estimate of drug-likeness (QED) is 0.822. The number of nitrogens with zero attached hydrogens (tertiary/aromatic N) is 4. The molecule has 144 valence electrons. The molecule has 0 aromatic heterocycles. The summed E-state index contributed by atoms with van der Waals surface area (Å²) in [5.74, 6) is -2.27. The maximum atomic E-state index is 14.3. The van der Waals surface area contributed by atoms with Crippen LogP contribution in [0.4, 0.5) is 10.1 Å². The van der Waals surface area contributed by atoms with E-state index in [1.807, 2.05) is 35.3 Å². The van der Waals surface area contributed by atoms with Crippen LogP contribution < -0.4 is 4.90 Å². The summed E-state index contributed by atoms with van der Waals surface area (Å²) in [6.45, 7) is 0.234. The molecular weight excluding hydrogens is 363 g/mol. The molecule has 2 aromatic carbocycles. The fourth-order valence-corrected chi connectivity index (χ4v) is 3.16. The van der Waals surface area contributed by atoms with Gasteiger partial charge >= 0.3 is 5.97 Å². The van der Waals surface area contributed by atoms with Crippen LogP contribution in [-0.4, -0.2) is 47.1 Å². The Morgan fingerprint density at radius 3 is 2.39 bits per heavy atom. The Kier molecular flexibility index (Phi) is 5.57. The van der Waals surface area contributed by atoms with Crippen molar-refractivity contribution in [3.63, 3.8) is 0 Å². The topological polar surface area (TPSA) is 87.9 Å². The molecule has 1 aliphatic heterocycles. The molecule has 2 aromatic rings. The lowest BCUT2D eigenvalue weighted by molar-refractivity contribution is -0.145. The first kappa shape index (κ1) is 19.3. The average molecular weight is 382 g/mol. The summed E-state index contributed by atoms with van der Waals surface area (Å²) >= 11 is 0. The lowest BCUT2D eigenvalue weighted by Crippen LogP contribution is -2.47. The molecular formula is C20H19FN4O3. The second kappa shape index (κ2) is 8.06. The van der Waals surface area contributed by atoms with E-state index in [9.17, 15) is 19.1 Å². The van der Waals surface area contributed by atoms with Gasteiger partial charge in [-0.1, -0.05) is 24.3 Å². The van der Waals surface area contributed by atoms with Crippen molar-refractivity contribution in [2.75, 3.05) is 25.0 Å². The van der Waals surface area contributed by atoms with E-state index in [0.717, 1.165) is 22.1 Å². The predicted molar refractivity (Wildman–Crippen MR) is 99.4 cm³/mol. The SMILES string of the molecule is CN(C(=O)CN(CC(=O)O)c1cc(C#N)ccc1F)N1Cc2ccccc2C1. The second-order valence-electron chi connectivity index (χ2n) is 6.54. The van der Waals surface area contributed by atoms with Crippen molar-refractivity contribution in [3.8, 4) is 6.07 Å². The number of hydrazine groups is 1. The zero-order valence-electron chi connectivity index (χ0n) is 15.3. The largest absolute Gasteiger partial charge is 0.480 e. The molecule has 0 spiro atoms. The van der Waals surface area contributed by atoms with Gasteiger partial charge in [0.15, 0.2) is 0 Å². The summed E-state index contributed by atoms with van der Waals surface area (Å²) in [7, 11) is 1.61. The molecule has 3 rings (SSSR count). The standard InChI is InChI=1S/C20H19FN4O3/c1-23(25-10-15-4-2-3-5-16(15)11-25)19(26)12-24(13-20(27)28)18-8-14(9-22)6-7-17(18)21/h2-8H,10-13H2,1H3,(H,27,28). The Labute approximate surface area is 161 Å². The minimum absolute atomic E-state index is 0.0899. The van der Waals surface area contributed by atoms with Crippen molar-refractivity contribution in [1.29, 1.82) is 5.26 Å². The molecule has 1 aliphatic rings. The van der Waals surface area contributed by atoms with Gasteiger partial charge < -0.3 is 10.0 Å². The molecule has 0 saturated carbocycles. The third-order valence-electron chi connectivity index (χ3n) is 4.68. The van der Waals surface area contributed by atoms with Gasteiger partial charge in [-0.05, 0) is 29.3 Å². The lowest BCUT2D eigenvalue weighted by Gasteiger charge is -2.31. The molecule has 8 heteroatoms. The van der Waals surface area contributed by atoms with Gasteiger partial charge in [0.05, 0.1) is 23.9 Å². The van der Waals surface area contributed by atoms with Gasteiger partial charge in [0, 0.05) is 20.1 Å². The van der Waals surface area contributed by atoms with Crippen LogP contribution in [0.2, 0.25) is 0 Å². The summed E-state index contributed by atoms with van der Waals surface area (Å²) in [5.41, 5.74) is 2.34. The van der Waals surface area contributed by atoms with E-state index in [2.05, 4.69) is 0 Å². The number of amides is 1. The molecule has 0 unspecified atom stereocenters. The van der Waals surface area contributed by atoms with Gasteiger partial charge in [0.1, 0.15) is 12.4 Å². The number of hydrogen-bond donors (Lipinski definition) is 1. The van der Waals surface area contributed by atoms with Crippen LogP contribution in [0, 0.1) is 17.1 Å². The summed E-state index contributed by atoms with van der Waals surface area (Å²) < 4.78 is 14.3. The number of carbonyl (C=O) groups excluding carboxylic acids is 1. The van der Waals surface area contributed by atoms with E-state index in [0.29, 0.717) is 13.1 Å². The number of anilines is 1. The smallest absolute Gasteiger partial charge is 0.323 e. The first-order valence-electron chi connectivity index (χ1n) is 8.63. The van der Waals surface area contributed by atoms with E-state index in [4.69, 9.17) is 5.26 Å². The molecule has 1 N–H and O–H groups in total. The van der Waals surface area contributed by atoms with Crippen molar-refractivity contribution < 1.29 is 19.1 Å². The van der Waals surface area contributed by atoms with Crippen LogP contribution in [0.5, 0.6) is 0 Å². The van der Waals surface area contributed by atoms with E-state index >= 15 is 0 Å². The van der Waals surface area contributed by atoms with Crippen LogP contribution in [0.15, 0.2) is 42.5 Å². The van der Waals surface area contributed by atoms with E-state index in [1.54, 1.807) is 7.05 Å². The predicted octanol–water partition coefficient (Wildman–Crippen LogP) is 1.98. The maximum absolute atomic E-state index is 14.3. The highest BCUT2D eigenvalue weighted by Gasteiger charge is 2.27. The van der Waals surface area contributed by atoms with Gasteiger partial charge in [0.25, 0.3) is 5.91 Å². The van der Waals surface area contributed by atoms with Crippen molar-refractivity contribution in [2.24, 2.45) is 0 Å². The molecule has 1 heterocycles. The lowest BCUT2D eigenvalue weighted by atomic mass is 10.1. The van der Waals surface area contributed by atoms with Crippen LogP contribution in [0.1, 0.15) is 16.7 Å². The van der Waals surface area contributed by atoms with Crippen molar-refractivity contribution in [2.45, 2.75) is 13.1 Å². The summed E-state index contributed by atoms with van der Waals surface area (Å²) in [6, 6.07) is 13.4. The Morgan fingerprint density at radius 2 is 1.82 bits per heavy atom. The first-order valence-corrected chi connectivity index (χ1v) is 8.63. The third kappa shape index (κ3) is 4.10. The maximum Gasteiger partial charge on any atom is 0.323 e. The van der Waals surface area contributed by atoms with Crippen molar-refractivity contribution >= 4 is 17.6 Å². The summed E-state index contributed by atoms with van der Waals surface area (Å²) in [4.78, 5) is 25.1. The van der Waals surface area contributed by atoms with Gasteiger partial charge in [-0.15, -0.1) is 0 Å². The number of halogens is 1. The number of carboxylic acids is 1. The fourth-order valence-electron chi connectivity index (χ4n) is 3.16. The number of hydrogen-bond acceptors (Lipinski definition) is 5. The van der Waals surface area contributed by atoms with E-state index < -0.39 is 18.3 Å². The monoisotopic (exact) mass is 382 g/mol. The zero-order valence-corrected chi connectivity index (χ0v) is 15.3. The van der Waals surface area contributed by atoms with Crippen molar-refractivity contribution in [3.05, 3.63) is 65.0 Å². The Balaban J connectivity index is 1.77. The Hall–Kier alpha value is -3.44. The molecule has 0 atom stereocenters. The number of nitriles is 1. The minimum Gasteiger partial charge on any atom is -0.480 e. The van der Waals surface area contributed by atoms with Gasteiger partial charge in [-0.2, -0.15) is 5.26 Å². The molecule has 0 fully saturated rings. The highest BCUT2D eigenvalue weighted by atomic mass is 19.1. The fraction of sp³-hybridized carbons (Fsp3) is 0.250. The molecule has 0 saturated heterocycles. The number of carboxylic acid groups (broad SMARTS) is 1. The normalized spacial score (nSPS) is 12.9. The van der Waals surface area contributed by atoms with Gasteiger partial charge in [-0.3, -0.25) is 14.6 Å². The average Bonchev–Trinajstić information content (AvgIpc) is 3.11. The first-order chi connectivity index (χ1) is 13.4. The highest BCUT2D eigenvalue weighted by molar-refractivity contribution is 5.84. The minimum atomic E-state index is -1.20. The number of carbonyl (C=O) groups is 2. The molecule has 0 aliphatic carbocycles. The van der Waals surface area contributed by atoms with Crippen LogP contribution in [0.25, 0.3) is 0 Å². The number of benzene rings is 2. The molecule has 28 heavy (non-hydrogen) atoms. The number of fused-ring (bicyclic) bond motifs is 1. The van der Waals surface area contributed by atoms with E-state index in [1.165, 1.54) is 17.1 Å². The molecule has 0 bridgehead atoms. The molecule has 1 amide bonds. The van der Waals surface area contributed by atoms with Crippen molar-refractivity contribution in [1.82, 2.24) is 10.0 Å². The Bertz CT molecular complexity index is 932. The van der Waals surface area contributed by atoms with Crippen LogP contribution in [0.3, 0.4) is 0 Å². The van der Waals surface area contributed by atoms with Gasteiger partial charge in [-0.25, -0.2) is 9.40 Å². The second-order valence-corrected chi connectivity index (χ2v) is 6.54. The third-order valence-corrected chi connectivity index (χ3v) is 4.68. The number of rotatable bonds is 6. The molecule has 0 radical (unpaired) electrons. The van der Waals surface area contributed by atoms with E-state index in [-0.39, 0.29) is 23.7 Å².